The van der Waals surface area contributed by atoms with E-state index in [9.17, 15) is 0 Å². The topological polar surface area (TPSA) is 46.5 Å². The second-order valence-corrected chi connectivity index (χ2v) is 5.03. The second-order valence-electron chi connectivity index (χ2n) is 4.64. The van der Waals surface area contributed by atoms with Gasteiger partial charge in [0.15, 0.2) is 10.4 Å². The summed E-state index contributed by atoms with van der Waals surface area (Å²) in [6, 6.07) is 6.19. The zero-order valence-corrected chi connectivity index (χ0v) is 11.6. The number of imidazole rings is 1. The Kier molecular flexibility index (Phi) is 2.91. The van der Waals surface area contributed by atoms with Crippen molar-refractivity contribution in [1.29, 1.82) is 0 Å². The summed E-state index contributed by atoms with van der Waals surface area (Å²) in [5.74, 6) is 0. The Morgan fingerprint density at radius 2 is 2.05 bits per heavy atom. The Morgan fingerprint density at radius 1 is 1.32 bits per heavy atom. The lowest BCUT2D eigenvalue weighted by molar-refractivity contribution is 0.643. The quantitative estimate of drug-likeness (QED) is 0.726. The van der Waals surface area contributed by atoms with Crippen molar-refractivity contribution >= 4 is 23.4 Å². The Bertz CT molecular complexity index is 773. The van der Waals surface area contributed by atoms with E-state index in [0.29, 0.717) is 4.77 Å². The average Bonchev–Trinajstić information content (AvgIpc) is 2.74. The van der Waals surface area contributed by atoms with Gasteiger partial charge < -0.3 is 4.98 Å². The number of aryl methyl sites for hydroxylation is 1. The molecule has 19 heavy (non-hydrogen) atoms. The average molecular weight is 270 g/mol. The minimum absolute atomic E-state index is 0.124. The van der Waals surface area contributed by atoms with E-state index in [0.717, 1.165) is 22.3 Å². The maximum atomic E-state index is 5.42. The van der Waals surface area contributed by atoms with Crippen LogP contribution in [0.4, 0.5) is 0 Å². The van der Waals surface area contributed by atoms with Gasteiger partial charge in [-0.15, -0.1) is 0 Å². The molecule has 1 unspecified atom stereocenters. The van der Waals surface area contributed by atoms with Crippen LogP contribution < -0.4 is 0 Å². The lowest BCUT2D eigenvalue weighted by Crippen LogP contribution is -2.07. The molecule has 1 atom stereocenters. The number of rotatable bonds is 2. The van der Waals surface area contributed by atoms with Crippen LogP contribution in [0.1, 0.15) is 24.1 Å². The van der Waals surface area contributed by atoms with Crippen LogP contribution in [-0.4, -0.2) is 19.5 Å². The van der Waals surface area contributed by atoms with Gasteiger partial charge in [0.1, 0.15) is 0 Å². The molecule has 3 aromatic heterocycles. The Balaban J connectivity index is 2.20. The van der Waals surface area contributed by atoms with Crippen molar-refractivity contribution < 1.29 is 0 Å². The van der Waals surface area contributed by atoms with E-state index < -0.39 is 0 Å². The molecule has 0 aliphatic heterocycles. The van der Waals surface area contributed by atoms with Gasteiger partial charge in [-0.1, -0.05) is 0 Å². The highest BCUT2D eigenvalue weighted by Gasteiger charge is 2.13. The molecular weight excluding hydrogens is 256 g/mol. The normalized spacial score (nSPS) is 12.7. The largest absolute Gasteiger partial charge is 0.329 e. The first-order chi connectivity index (χ1) is 9.16. The fraction of sp³-hybridized carbons (Fsp3) is 0.214. The maximum absolute atomic E-state index is 5.42. The molecule has 0 spiro atoms. The van der Waals surface area contributed by atoms with Gasteiger partial charge in [0.25, 0.3) is 0 Å². The summed E-state index contributed by atoms with van der Waals surface area (Å²) in [7, 11) is 0. The monoisotopic (exact) mass is 270 g/mol. The van der Waals surface area contributed by atoms with E-state index in [2.05, 4.69) is 27.9 Å². The van der Waals surface area contributed by atoms with Gasteiger partial charge in [0.05, 0.1) is 11.6 Å². The fourth-order valence-electron chi connectivity index (χ4n) is 2.27. The van der Waals surface area contributed by atoms with Crippen molar-refractivity contribution in [3.63, 3.8) is 0 Å². The smallest absolute Gasteiger partial charge is 0.179 e. The van der Waals surface area contributed by atoms with Crippen molar-refractivity contribution in [2.45, 2.75) is 19.9 Å². The lowest BCUT2D eigenvalue weighted by atomic mass is 10.1. The Hall–Kier alpha value is -2.01. The molecule has 0 bridgehead atoms. The molecule has 3 aromatic rings. The molecule has 0 amide bonds. The molecule has 0 saturated carbocycles. The predicted octanol–water partition coefficient (Wildman–Crippen LogP) is 3.41. The van der Waals surface area contributed by atoms with Gasteiger partial charge in [-0.05, 0) is 55.4 Å². The molecule has 0 fully saturated rings. The number of pyridine rings is 2. The highest BCUT2D eigenvalue weighted by atomic mass is 32.1. The number of nitrogens with one attached hydrogen (secondary N) is 1. The fourth-order valence-corrected chi connectivity index (χ4v) is 2.62. The van der Waals surface area contributed by atoms with Crippen molar-refractivity contribution in [3.05, 3.63) is 52.7 Å². The van der Waals surface area contributed by atoms with Crippen LogP contribution in [0, 0.1) is 11.7 Å². The molecule has 4 nitrogen and oxygen atoms in total. The van der Waals surface area contributed by atoms with Crippen LogP contribution in [0.15, 0.2) is 36.8 Å². The summed E-state index contributed by atoms with van der Waals surface area (Å²) in [5.41, 5.74) is 4.15. The van der Waals surface area contributed by atoms with Crippen molar-refractivity contribution in [2.24, 2.45) is 0 Å². The molecule has 3 heterocycles. The lowest BCUT2D eigenvalue weighted by Gasteiger charge is -2.14. The number of fused-ring (bicyclic) bond motifs is 1. The van der Waals surface area contributed by atoms with Crippen LogP contribution in [0.25, 0.3) is 11.2 Å². The third-order valence-electron chi connectivity index (χ3n) is 3.27. The summed E-state index contributed by atoms with van der Waals surface area (Å²) < 4.78 is 2.73. The number of hydrogen-bond donors (Lipinski definition) is 1. The SMILES string of the molecule is Cc1cnc2c(c1)[nH]c(=S)n2C(C)c1ccncc1. The highest BCUT2D eigenvalue weighted by molar-refractivity contribution is 7.71. The van der Waals surface area contributed by atoms with Gasteiger partial charge >= 0.3 is 0 Å². The number of H-pyrrole nitrogens is 1. The predicted molar refractivity (Wildman–Crippen MR) is 77.7 cm³/mol. The van der Waals surface area contributed by atoms with E-state index in [1.54, 1.807) is 12.4 Å². The van der Waals surface area contributed by atoms with Crippen molar-refractivity contribution in [1.82, 2.24) is 19.5 Å². The summed E-state index contributed by atoms with van der Waals surface area (Å²) in [6.07, 6.45) is 5.45. The van der Waals surface area contributed by atoms with E-state index in [1.807, 2.05) is 29.8 Å². The van der Waals surface area contributed by atoms with Gasteiger partial charge in [0, 0.05) is 18.6 Å². The maximum Gasteiger partial charge on any atom is 0.179 e. The first kappa shape index (κ1) is 12.0. The van der Waals surface area contributed by atoms with Gasteiger partial charge in [-0.2, -0.15) is 0 Å². The zero-order chi connectivity index (χ0) is 13.4. The summed E-state index contributed by atoms with van der Waals surface area (Å²) in [6.45, 7) is 4.13. The summed E-state index contributed by atoms with van der Waals surface area (Å²) in [5, 5.41) is 0. The molecule has 0 aromatic carbocycles. The standard InChI is InChI=1S/C14H14N4S/c1-9-7-12-13(16-8-9)18(14(19)17-12)10(2)11-3-5-15-6-4-11/h3-8,10H,1-2H3,(H,17,19). The van der Waals surface area contributed by atoms with E-state index >= 15 is 0 Å². The number of aromatic nitrogens is 4. The first-order valence-electron chi connectivity index (χ1n) is 6.13. The van der Waals surface area contributed by atoms with Crippen LogP contribution in [0.5, 0.6) is 0 Å². The Labute approximate surface area is 116 Å². The number of aromatic amines is 1. The first-order valence-corrected chi connectivity index (χ1v) is 6.54. The van der Waals surface area contributed by atoms with Gasteiger partial charge in [0.2, 0.25) is 0 Å². The molecule has 0 aliphatic carbocycles. The van der Waals surface area contributed by atoms with Gasteiger partial charge in [-0.3, -0.25) is 9.55 Å². The summed E-state index contributed by atoms with van der Waals surface area (Å²) in [4.78, 5) is 11.8. The molecule has 0 aliphatic rings. The molecule has 96 valence electrons. The number of hydrogen-bond acceptors (Lipinski definition) is 3. The summed E-state index contributed by atoms with van der Waals surface area (Å²) >= 11 is 5.42. The highest BCUT2D eigenvalue weighted by Crippen LogP contribution is 2.23. The third-order valence-corrected chi connectivity index (χ3v) is 3.57. The zero-order valence-electron chi connectivity index (χ0n) is 10.8. The van der Waals surface area contributed by atoms with E-state index in [-0.39, 0.29) is 6.04 Å². The minimum atomic E-state index is 0.124. The van der Waals surface area contributed by atoms with Crippen LogP contribution in [0.3, 0.4) is 0 Å². The molecule has 5 heteroatoms. The van der Waals surface area contributed by atoms with Crippen LogP contribution in [-0.2, 0) is 0 Å². The van der Waals surface area contributed by atoms with E-state index in [1.165, 1.54) is 0 Å². The van der Waals surface area contributed by atoms with Crippen molar-refractivity contribution in [2.75, 3.05) is 0 Å². The molecule has 0 saturated heterocycles. The van der Waals surface area contributed by atoms with E-state index in [4.69, 9.17) is 12.2 Å². The molecule has 0 radical (unpaired) electrons. The Morgan fingerprint density at radius 3 is 2.79 bits per heavy atom. The van der Waals surface area contributed by atoms with Crippen molar-refractivity contribution in [3.8, 4) is 0 Å². The minimum Gasteiger partial charge on any atom is -0.329 e. The second kappa shape index (κ2) is 4.59. The van der Waals surface area contributed by atoms with Crippen LogP contribution >= 0.6 is 12.2 Å². The van der Waals surface area contributed by atoms with Gasteiger partial charge in [-0.25, -0.2) is 4.98 Å². The number of nitrogens with zero attached hydrogens (tertiary/aromatic N) is 3. The van der Waals surface area contributed by atoms with Crippen LogP contribution in [0.2, 0.25) is 0 Å². The third kappa shape index (κ3) is 2.06. The molecule has 1 N–H and O–H groups in total. The molecule has 3 rings (SSSR count). The molecular formula is C14H14N4S.